The molecule has 136 valence electrons. The molecule has 5 nitrogen and oxygen atoms in total. The first-order valence-corrected chi connectivity index (χ1v) is 9.98. The molecule has 0 radical (unpaired) electrons. The highest BCUT2D eigenvalue weighted by molar-refractivity contribution is 7.16. The zero-order chi connectivity index (χ0) is 18.3. The predicted octanol–water partition coefficient (Wildman–Crippen LogP) is 4.28. The monoisotopic (exact) mass is 367 g/mol. The summed E-state index contributed by atoms with van der Waals surface area (Å²) >= 11 is 1.65. The van der Waals surface area contributed by atoms with Crippen molar-refractivity contribution < 1.29 is 0 Å². The van der Waals surface area contributed by atoms with Gasteiger partial charge in [0.15, 0.2) is 0 Å². The van der Waals surface area contributed by atoms with E-state index < -0.39 is 0 Å². The van der Waals surface area contributed by atoms with E-state index in [1.165, 1.54) is 4.70 Å². The van der Waals surface area contributed by atoms with E-state index in [0.29, 0.717) is 12.0 Å². The maximum atomic E-state index is 4.43. The first kappa shape index (κ1) is 17.4. The average Bonchev–Trinajstić information content (AvgIpc) is 3.11. The SMILES string of the molecule is CC1C(Nc2ccc(-c3ccc4scnc4c3)nn2)CCN(C)C1(C)C. The van der Waals surface area contributed by atoms with Gasteiger partial charge in [-0.15, -0.1) is 21.5 Å². The minimum atomic E-state index is 0.173. The second-order valence-electron chi connectivity index (χ2n) is 7.74. The van der Waals surface area contributed by atoms with Gasteiger partial charge in [0.05, 0.1) is 21.4 Å². The zero-order valence-electron chi connectivity index (χ0n) is 15.7. The molecule has 26 heavy (non-hydrogen) atoms. The molecule has 2 aromatic heterocycles. The number of hydrogen-bond acceptors (Lipinski definition) is 6. The van der Waals surface area contributed by atoms with Gasteiger partial charge < -0.3 is 10.2 Å². The van der Waals surface area contributed by atoms with Gasteiger partial charge in [-0.1, -0.05) is 13.0 Å². The van der Waals surface area contributed by atoms with Gasteiger partial charge in [0.1, 0.15) is 5.82 Å². The molecule has 0 bridgehead atoms. The predicted molar refractivity (Wildman–Crippen MR) is 109 cm³/mol. The van der Waals surface area contributed by atoms with Gasteiger partial charge in [-0.25, -0.2) is 4.98 Å². The molecule has 3 heterocycles. The number of nitrogens with one attached hydrogen (secondary N) is 1. The minimum Gasteiger partial charge on any atom is -0.365 e. The minimum absolute atomic E-state index is 0.173. The summed E-state index contributed by atoms with van der Waals surface area (Å²) in [5.74, 6) is 1.37. The van der Waals surface area contributed by atoms with Crippen LogP contribution in [-0.4, -0.2) is 45.3 Å². The van der Waals surface area contributed by atoms with E-state index in [1.807, 2.05) is 17.6 Å². The largest absolute Gasteiger partial charge is 0.365 e. The van der Waals surface area contributed by atoms with E-state index in [9.17, 15) is 0 Å². The van der Waals surface area contributed by atoms with Crippen molar-refractivity contribution in [3.05, 3.63) is 35.8 Å². The van der Waals surface area contributed by atoms with E-state index in [-0.39, 0.29) is 5.54 Å². The van der Waals surface area contributed by atoms with Crippen LogP contribution in [0.2, 0.25) is 0 Å². The Morgan fingerprint density at radius 3 is 2.81 bits per heavy atom. The van der Waals surface area contributed by atoms with Crippen molar-refractivity contribution in [2.75, 3.05) is 18.9 Å². The van der Waals surface area contributed by atoms with Crippen LogP contribution < -0.4 is 5.32 Å². The molecule has 2 atom stereocenters. The van der Waals surface area contributed by atoms with Gasteiger partial charge in [-0.05, 0) is 57.5 Å². The van der Waals surface area contributed by atoms with E-state index in [1.54, 1.807) is 11.3 Å². The lowest BCUT2D eigenvalue weighted by atomic mass is 9.77. The van der Waals surface area contributed by atoms with Crippen LogP contribution in [0.3, 0.4) is 0 Å². The molecule has 3 aromatic rings. The Morgan fingerprint density at radius 2 is 2.04 bits per heavy atom. The maximum Gasteiger partial charge on any atom is 0.148 e. The summed E-state index contributed by atoms with van der Waals surface area (Å²) in [6.07, 6.45) is 1.12. The highest BCUT2D eigenvalue weighted by Gasteiger charge is 2.39. The van der Waals surface area contributed by atoms with Gasteiger partial charge in [0.25, 0.3) is 0 Å². The molecule has 1 saturated heterocycles. The van der Waals surface area contributed by atoms with Gasteiger partial charge >= 0.3 is 0 Å². The topological polar surface area (TPSA) is 53.9 Å². The Hall–Kier alpha value is -2.05. The third kappa shape index (κ3) is 3.08. The quantitative estimate of drug-likeness (QED) is 0.749. The van der Waals surface area contributed by atoms with Crippen molar-refractivity contribution in [2.45, 2.75) is 38.8 Å². The van der Waals surface area contributed by atoms with Gasteiger partial charge in [-0.3, -0.25) is 0 Å². The zero-order valence-corrected chi connectivity index (χ0v) is 16.5. The van der Waals surface area contributed by atoms with Crippen molar-refractivity contribution in [1.82, 2.24) is 20.1 Å². The summed E-state index contributed by atoms with van der Waals surface area (Å²) in [5, 5.41) is 12.5. The van der Waals surface area contributed by atoms with Crippen LogP contribution in [0.4, 0.5) is 5.82 Å². The van der Waals surface area contributed by atoms with Crippen LogP contribution in [0.25, 0.3) is 21.5 Å². The van der Waals surface area contributed by atoms with E-state index in [4.69, 9.17) is 0 Å². The molecule has 2 unspecified atom stereocenters. The van der Waals surface area contributed by atoms with Crippen LogP contribution in [-0.2, 0) is 0 Å². The Kier molecular flexibility index (Phi) is 4.40. The van der Waals surface area contributed by atoms with Crippen molar-refractivity contribution >= 4 is 27.4 Å². The van der Waals surface area contributed by atoms with Gasteiger partial charge in [-0.2, -0.15) is 0 Å². The lowest BCUT2D eigenvalue weighted by molar-refractivity contribution is 0.0458. The van der Waals surface area contributed by atoms with E-state index in [0.717, 1.165) is 35.6 Å². The summed E-state index contributed by atoms with van der Waals surface area (Å²) in [6.45, 7) is 8.04. The van der Waals surface area contributed by atoms with Gasteiger partial charge in [0.2, 0.25) is 0 Å². The first-order chi connectivity index (χ1) is 12.4. The van der Waals surface area contributed by atoms with Crippen LogP contribution in [0.15, 0.2) is 35.8 Å². The fraction of sp³-hybridized carbons (Fsp3) is 0.450. The highest BCUT2D eigenvalue weighted by Crippen LogP contribution is 2.33. The average molecular weight is 368 g/mol. The number of aromatic nitrogens is 3. The molecule has 4 rings (SSSR count). The molecule has 0 aliphatic carbocycles. The van der Waals surface area contributed by atoms with Crippen LogP contribution >= 0.6 is 11.3 Å². The highest BCUT2D eigenvalue weighted by atomic mass is 32.1. The molecule has 1 aliphatic rings. The number of anilines is 1. The Morgan fingerprint density at radius 1 is 1.19 bits per heavy atom. The number of piperidine rings is 1. The summed E-state index contributed by atoms with van der Waals surface area (Å²) in [5.41, 5.74) is 4.99. The molecule has 1 fully saturated rings. The summed E-state index contributed by atoms with van der Waals surface area (Å²) < 4.78 is 1.19. The fourth-order valence-electron chi connectivity index (χ4n) is 3.68. The molecule has 6 heteroatoms. The third-order valence-electron chi connectivity index (χ3n) is 6.10. The summed E-state index contributed by atoms with van der Waals surface area (Å²) in [4.78, 5) is 6.83. The number of benzene rings is 1. The normalized spacial score (nSPS) is 23.2. The molecule has 0 saturated carbocycles. The summed E-state index contributed by atoms with van der Waals surface area (Å²) in [7, 11) is 2.21. The number of fused-ring (bicyclic) bond motifs is 1. The number of thiazole rings is 1. The number of likely N-dealkylation sites (tertiary alicyclic amines) is 1. The second-order valence-corrected chi connectivity index (χ2v) is 8.63. The third-order valence-corrected chi connectivity index (χ3v) is 6.91. The Balaban J connectivity index is 1.51. The Bertz CT molecular complexity index is 902. The lowest BCUT2D eigenvalue weighted by Crippen LogP contribution is -2.57. The molecule has 0 amide bonds. The standard InChI is InChI=1S/C20H25N5S/c1-13-15(9-10-25(4)20(13,2)3)22-19-8-6-16(23-24-19)14-5-7-18-17(11-14)21-12-26-18/h5-8,11-13,15H,9-10H2,1-4H3,(H,22,24). The molecule has 1 aliphatic heterocycles. The molecule has 0 spiro atoms. The fourth-order valence-corrected chi connectivity index (χ4v) is 4.34. The second kappa shape index (κ2) is 6.59. The van der Waals surface area contributed by atoms with Gasteiger partial charge in [0, 0.05) is 23.7 Å². The molecular formula is C20H25N5S. The summed E-state index contributed by atoms with van der Waals surface area (Å²) in [6, 6.07) is 10.7. The van der Waals surface area contributed by atoms with Crippen molar-refractivity contribution in [3.8, 4) is 11.3 Å². The van der Waals surface area contributed by atoms with Crippen LogP contribution in [0.1, 0.15) is 27.2 Å². The lowest BCUT2D eigenvalue weighted by Gasteiger charge is -2.49. The van der Waals surface area contributed by atoms with E-state index in [2.05, 4.69) is 71.4 Å². The number of hydrogen-bond donors (Lipinski definition) is 1. The van der Waals surface area contributed by atoms with Crippen molar-refractivity contribution in [1.29, 1.82) is 0 Å². The molecular weight excluding hydrogens is 342 g/mol. The smallest absolute Gasteiger partial charge is 0.148 e. The van der Waals surface area contributed by atoms with Crippen molar-refractivity contribution in [2.24, 2.45) is 5.92 Å². The first-order valence-electron chi connectivity index (χ1n) is 9.10. The maximum absolute atomic E-state index is 4.43. The van der Waals surface area contributed by atoms with Crippen LogP contribution in [0.5, 0.6) is 0 Å². The number of nitrogens with zero attached hydrogens (tertiary/aromatic N) is 4. The van der Waals surface area contributed by atoms with Crippen molar-refractivity contribution in [3.63, 3.8) is 0 Å². The Labute approximate surface area is 158 Å². The number of rotatable bonds is 3. The van der Waals surface area contributed by atoms with Crippen LogP contribution in [0, 0.1) is 5.92 Å². The molecule has 1 aromatic carbocycles. The van der Waals surface area contributed by atoms with E-state index >= 15 is 0 Å². The molecule has 1 N–H and O–H groups in total.